The van der Waals surface area contributed by atoms with Crippen molar-refractivity contribution < 1.29 is 72.0 Å². The topological polar surface area (TPSA) is 274 Å². The Balaban J connectivity index is 2.89. The lowest BCUT2D eigenvalue weighted by Crippen LogP contribution is -2.58. The fraction of sp³-hybridized carbons (Fsp3) is 0.617. The zero-order chi connectivity index (χ0) is 52.1. The number of methoxy groups -OCH3 is 1. The Hall–Kier alpha value is -6.22. The lowest BCUT2D eigenvalue weighted by atomic mass is 9.85. The lowest BCUT2D eigenvalue weighted by molar-refractivity contribution is -0.175. The molecule has 1 saturated heterocycles. The van der Waals surface area contributed by atoms with E-state index in [9.17, 15) is 53.1 Å². The number of Topliss-reactive ketones (excluding diaryl/α,β-unsaturated/α-hetero) is 1. The largest absolute Gasteiger partial charge is 0.460 e. The molecule has 1 heterocycles. The van der Waals surface area contributed by atoms with Crippen LogP contribution in [0.25, 0.3) is 0 Å². The number of rotatable bonds is 12. The number of likely N-dealkylation sites (N-methyl/N-ethyl adjacent to an activating group) is 3. The molecule has 0 aliphatic carbocycles. The van der Waals surface area contributed by atoms with Crippen LogP contribution in [-0.4, -0.2) is 168 Å². The van der Waals surface area contributed by atoms with Crippen LogP contribution in [0, 0.1) is 17.8 Å². The number of aliphatic hydroxyl groups is 1. The second-order valence-electron chi connectivity index (χ2n) is 17.8. The van der Waals surface area contributed by atoms with Crippen molar-refractivity contribution in [3.05, 3.63) is 48.2 Å². The molecule has 21 heteroatoms. The molecule has 1 aromatic carbocycles. The van der Waals surface area contributed by atoms with Gasteiger partial charge in [-0.2, -0.15) is 0 Å². The number of ketones is 1. The fourth-order valence-electron chi connectivity index (χ4n) is 7.39. The third-order valence-electron chi connectivity index (χ3n) is 11.8. The first-order valence-corrected chi connectivity index (χ1v) is 22.3. The number of nitrogens with one attached hydrogen (secondary N) is 3. The molecule has 68 heavy (non-hydrogen) atoms. The number of ether oxygens (including phenoxy) is 4. The monoisotopic (exact) mass is 958 g/mol. The average Bonchev–Trinajstić information content (AvgIpc) is 3.27. The fourth-order valence-corrected chi connectivity index (χ4v) is 7.39. The van der Waals surface area contributed by atoms with E-state index >= 15 is 0 Å². The predicted octanol–water partition coefficient (Wildman–Crippen LogP) is 0.441. The van der Waals surface area contributed by atoms with E-state index < -0.39 is 150 Å². The number of hydrogen-bond donors (Lipinski definition) is 4. The van der Waals surface area contributed by atoms with E-state index in [0.717, 1.165) is 28.5 Å². The Kier molecular flexibility index (Phi) is 22.0. The molecule has 1 aliphatic rings. The standard InChI is InChI=1S/C47H70N6O15/c1-23(2)39(57)37(50-31(11)55)46(63)68-40(24(3)4)33-22-34(56)26(6)51(12)42(59)25(5)48-41(58)27(7)52(13)44(61)35(21-32-19-17-16-18-20-32)67-45(62)36(49-30(10)54)28(8)66-47(64)38(29(9)65-15)53(14)43(33)60/h16-20,23-26,28-29,33,35-40,57H,7,21-22H2,1-6,8-15H3,(H,48,58)(H,49,54)(H,50,55)/t25-,26-,28+,29+,33-,35+,36-,37-,38-,39+,40+/m0/s1. The molecular weight excluding hydrogens is 889 g/mol. The van der Waals surface area contributed by atoms with Crippen molar-refractivity contribution in [3.8, 4) is 0 Å². The zero-order valence-corrected chi connectivity index (χ0v) is 41.5. The smallest absolute Gasteiger partial charge is 0.333 e. The van der Waals surface area contributed by atoms with Gasteiger partial charge in [0.1, 0.15) is 23.9 Å². The maximum Gasteiger partial charge on any atom is 0.333 e. The molecule has 0 aromatic heterocycles. The number of cyclic esters (lactones) is 2. The zero-order valence-electron chi connectivity index (χ0n) is 41.5. The Morgan fingerprint density at radius 2 is 1.43 bits per heavy atom. The highest BCUT2D eigenvalue weighted by Gasteiger charge is 2.46. The van der Waals surface area contributed by atoms with Gasteiger partial charge in [-0.1, -0.05) is 64.6 Å². The van der Waals surface area contributed by atoms with Gasteiger partial charge in [0.2, 0.25) is 23.6 Å². The molecule has 1 aliphatic heterocycles. The van der Waals surface area contributed by atoms with Crippen LogP contribution in [0.2, 0.25) is 0 Å². The van der Waals surface area contributed by atoms with Gasteiger partial charge in [-0.3, -0.25) is 33.6 Å². The SMILES string of the molecule is C=C1C(=O)N[C@@H](C)C(=O)N(C)[C@@H](C)C(=O)C[C@@H]([C@H](OC(=O)[C@@H](NC(C)=O)[C@H](O)C(C)C)C(C)C)C(=O)N(C)[C@@H]([C@@H](C)OC)C(=O)O[C@H](C)[C@H](NC(C)=O)C(=O)O[C@H](Cc2ccccc2)C(=O)N1C. The Labute approximate surface area is 397 Å². The van der Waals surface area contributed by atoms with Gasteiger partial charge in [0.25, 0.3) is 11.8 Å². The average molecular weight is 959 g/mol. The molecule has 21 nitrogen and oxygen atoms in total. The summed E-state index contributed by atoms with van der Waals surface area (Å²) in [4.78, 5) is 141. The Morgan fingerprint density at radius 1 is 0.838 bits per heavy atom. The van der Waals surface area contributed by atoms with Crippen molar-refractivity contribution in [2.24, 2.45) is 17.8 Å². The molecule has 2 rings (SSSR count). The van der Waals surface area contributed by atoms with E-state index in [4.69, 9.17) is 18.9 Å². The number of nitrogens with zero attached hydrogens (tertiary/aromatic N) is 3. The van der Waals surface area contributed by atoms with Crippen molar-refractivity contribution in [1.29, 1.82) is 0 Å². The minimum Gasteiger partial charge on any atom is -0.460 e. The van der Waals surface area contributed by atoms with E-state index in [0.29, 0.717) is 5.56 Å². The van der Waals surface area contributed by atoms with Crippen LogP contribution < -0.4 is 16.0 Å². The van der Waals surface area contributed by atoms with Gasteiger partial charge in [-0.25, -0.2) is 14.4 Å². The minimum atomic E-state index is -1.75. The highest BCUT2D eigenvalue weighted by molar-refractivity contribution is 6.01. The first-order valence-electron chi connectivity index (χ1n) is 22.3. The molecule has 0 saturated carbocycles. The molecule has 1 aromatic rings. The quantitative estimate of drug-likeness (QED) is 0.126. The van der Waals surface area contributed by atoms with E-state index in [1.54, 1.807) is 58.0 Å². The summed E-state index contributed by atoms with van der Waals surface area (Å²) in [5, 5.41) is 18.2. The maximum atomic E-state index is 15.0. The van der Waals surface area contributed by atoms with Crippen LogP contribution in [0.15, 0.2) is 42.6 Å². The molecule has 0 radical (unpaired) electrons. The molecule has 11 atom stereocenters. The van der Waals surface area contributed by atoms with Gasteiger partial charge in [-0.15, -0.1) is 0 Å². The van der Waals surface area contributed by atoms with Crippen LogP contribution in [-0.2, 0) is 73.3 Å². The van der Waals surface area contributed by atoms with Crippen molar-refractivity contribution in [2.75, 3.05) is 28.3 Å². The second-order valence-corrected chi connectivity index (χ2v) is 17.8. The van der Waals surface area contributed by atoms with Gasteiger partial charge >= 0.3 is 17.9 Å². The summed E-state index contributed by atoms with van der Waals surface area (Å²) >= 11 is 0. The highest BCUT2D eigenvalue weighted by Crippen LogP contribution is 2.28. The van der Waals surface area contributed by atoms with Crippen molar-refractivity contribution in [1.82, 2.24) is 30.7 Å². The molecule has 378 valence electrons. The van der Waals surface area contributed by atoms with Gasteiger partial charge in [0.05, 0.1) is 24.2 Å². The molecule has 0 spiro atoms. The van der Waals surface area contributed by atoms with Crippen molar-refractivity contribution in [3.63, 3.8) is 0 Å². The molecule has 4 N–H and O–H groups in total. The Morgan fingerprint density at radius 3 is 1.94 bits per heavy atom. The first kappa shape index (κ1) is 57.9. The number of carbonyl (C=O) groups excluding carboxylic acids is 10. The van der Waals surface area contributed by atoms with E-state index in [2.05, 4.69) is 22.5 Å². The van der Waals surface area contributed by atoms with E-state index in [1.807, 2.05) is 0 Å². The van der Waals surface area contributed by atoms with Gasteiger partial charge in [-0.05, 0) is 45.1 Å². The van der Waals surface area contributed by atoms with Gasteiger partial charge in [0.15, 0.2) is 30.0 Å². The Bertz CT molecular complexity index is 2030. The van der Waals surface area contributed by atoms with Gasteiger partial charge in [0, 0.05) is 54.9 Å². The van der Waals surface area contributed by atoms with Crippen molar-refractivity contribution in [2.45, 2.75) is 143 Å². The second kappa shape index (κ2) is 25.8. The third kappa shape index (κ3) is 15.4. The van der Waals surface area contributed by atoms with E-state index in [-0.39, 0.29) is 6.42 Å². The number of esters is 3. The lowest BCUT2D eigenvalue weighted by Gasteiger charge is -2.38. The summed E-state index contributed by atoms with van der Waals surface area (Å²) < 4.78 is 23.0. The van der Waals surface area contributed by atoms with Crippen LogP contribution in [0.1, 0.15) is 81.2 Å². The van der Waals surface area contributed by atoms with Crippen LogP contribution in [0.5, 0.6) is 0 Å². The van der Waals surface area contributed by atoms with Crippen LogP contribution >= 0.6 is 0 Å². The van der Waals surface area contributed by atoms with Gasteiger partial charge < -0.3 is 54.7 Å². The summed E-state index contributed by atoms with van der Waals surface area (Å²) in [7, 11) is 4.94. The molecule has 6 amide bonds. The van der Waals surface area contributed by atoms with Crippen molar-refractivity contribution >= 4 is 59.1 Å². The summed E-state index contributed by atoms with van der Waals surface area (Å²) in [5.74, 6) is -12.2. The highest BCUT2D eigenvalue weighted by atomic mass is 16.6. The molecule has 0 bridgehead atoms. The summed E-state index contributed by atoms with van der Waals surface area (Å²) in [6.45, 7) is 17.7. The van der Waals surface area contributed by atoms with E-state index in [1.165, 1.54) is 55.9 Å². The molecule has 0 unspecified atom stereocenters. The normalized spacial score (nSPS) is 25.3. The number of hydrogen-bond acceptors (Lipinski definition) is 15. The summed E-state index contributed by atoms with van der Waals surface area (Å²) in [5.41, 5.74) is 0.0701. The van der Waals surface area contributed by atoms with Crippen LogP contribution in [0.4, 0.5) is 0 Å². The maximum absolute atomic E-state index is 15.0. The summed E-state index contributed by atoms with van der Waals surface area (Å²) in [6, 6.07) is 0.783. The minimum absolute atomic E-state index is 0.225. The molecule has 1 fully saturated rings. The van der Waals surface area contributed by atoms with Crippen LogP contribution in [0.3, 0.4) is 0 Å². The number of aliphatic hydroxyl groups excluding tert-OH is 1. The summed E-state index contributed by atoms with van der Waals surface area (Å²) in [6.07, 6.45) is -8.20. The number of amides is 6. The number of carbonyl (C=O) groups is 10. The number of benzene rings is 1. The third-order valence-corrected chi connectivity index (χ3v) is 11.8. The molecular formula is C47H70N6O15. The first-order chi connectivity index (χ1) is 31.6. The predicted molar refractivity (Wildman–Crippen MR) is 244 cm³/mol.